The predicted octanol–water partition coefficient (Wildman–Crippen LogP) is 2.98. The van der Waals surface area contributed by atoms with Gasteiger partial charge in [0.15, 0.2) is 5.96 Å². The van der Waals surface area contributed by atoms with Gasteiger partial charge in [0, 0.05) is 24.2 Å². The van der Waals surface area contributed by atoms with Crippen molar-refractivity contribution in [3.63, 3.8) is 0 Å². The molecule has 0 saturated carbocycles. The molecule has 0 radical (unpaired) electrons. The minimum atomic E-state index is 0. The van der Waals surface area contributed by atoms with Gasteiger partial charge in [-0.1, -0.05) is 6.07 Å². The molecule has 2 aromatic heterocycles. The van der Waals surface area contributed by atoms with Gasteiger partial charge in [-0.2, -0.15) is 5.10 Å². The quantitative estimate of drug-likeness (QED) is 0.328. The van der Waals surface area contributed by atoms with Crippen LogP contribution in [0.3, 0.4) is 0 Å². The maximum Gasteiger partial charge on any atom is 0.191 e. The van der Waals surface area contributed by atoms with Gasteiger partial charge in [0.2, 0.25) is 0 Å². The second-order valence-electron chi connectivity index (χ2n) is 5.93. The molecule has 1 unspecified atom stereocenters. The lowest BCUT2D eigenvalue weighted by molar-refractivity contribution is 0.249. The van der Waals surface area contributed by atoms with Crippen LogP contribution in [0, 0.1) is 0 Å². The third kappa shape index (κ3) is 5.96. The Morgan fingerprint density at radius 1 is 1.36 bits per heavy atom. The van der Waals surface area contributed by atoms with Gasteiger partial charge >= 0.3 is 0 Å². The number of halogens is 1. The van der Waals surface area contributed by atoms with Gasteiger partial charge < -0.3 is 10.6 Å². The molecule has 6 nitrogen and oxygen atoms in total. The highest BCUT2D eigenvalue weighted by Crippen LogP contribution is 2.27. The van der Waals surface area contributed by atoms with Crippen molar-refractivity contribution in [1.29, 1.82) is 0 Å². The monoisotopic (exact) mass is 474 g/mol. The fraction of sp³-hybridized carbons (Fsp3) is 0.529. The molecule has 0 spiro atoms. The first kappa shape index (κ1) is 20.2. The maximum atomic E-state index is 4.64. The summed E-state index contributed by atoms with van der Waals surface area (Å²) in [6.45, 7) is 6.78. The zero-order valence-corrected chi connectivity index (χ0v) is 17.7. The van der Waals surface area contributed by atoms with Crippen molar-refractivity contribution in [3.8, 4) is 0 Å². The van der Waals surface area contributed by atoms with Crippen LogP contribution in [-0.2, 0) is 6.54 Å². The molecule has 1 atom stereocenters. The molecule has 8 heteroatoms. The zero-order chi connectivity index (χ0) is 16.6. The van der Waals surface area contributed by atoms with E-state index in [1.807, 2.05) is 17.4 Å². The molecule has 0 aliphatic carbocycles. The number of hydrogen-bond donors (Lipinski definition) is 3. The molecular formula is C17H27IN6S. The predicted molar refractivity (Wildman–Crippen MR) is 115 cm³/mol. The van der Waals surface area contributed by atoms with Crippen molar-refractivity contribution in [2.24, 2.45) is 4.99 Å². The summed E-state index contributed by atoms with van der Waals surface area (Å²) < 4.78 is 0. The van der Waals surface area contributed by atoms with Crippen molar-refractivity contribution in [2.75, 3.05) is 26.2 Å². The number of H-pyrrole nitrogens is 1. The highest BCUT2D eigenvalue weighted by Gasteiger charge is 2.24. The van der Waals surface area contributed by atoms with Crippen LogP contribution in [0.5, 0.6) is 0 Å². The first-order chi connectivity index (χ1) is 11.9. The molecule has 0 bridgehead atoms. The highest BCUT2D eigenvalue weighted by molar-refractivity contribution is 14.0. The lowest BCUT2D eigenvalue weighted by atomic mass is 10.2. The molecule has 1 aliphatic rings. The number of hydrogen-bond acceptors (Lipinski definition) is 4. The molecule has 3 N–H and O–H groups in total. The van der Waals surface area contributed by atoms with Gasteiger partial charge in [0.1, 0.15) is 0 Å². The summed E-state index contributed by atoms with van der Waals surface area (Å²) >= 11 is 1.84. The van der Waals surface area contributed by atoms with Crippen LogP contribution in [0.4, 0.5) is 0 Å². The van der Waals surface area contributed by atoms with Crippen molar-refractivity contribution >= 4 is 41.3 Å². The molecule has 3 rings (SSSR count). The third-order valence-electron chi connectivity index (χ3n) is 4.23. The second-order valence-corrected chi connectivity index (χ2v) is 6.91. The van der Waals surface area contributed by atoms with E-state index >= 15 is 0 Å². The molecule has 0 aromatic carbocycles. The Labute approximate surface area is 170 Å². The number of rotatable bonds is 7. The van der Waals surface area contributed by atoms with Crippen LogP contribution in [0.15, 0.2) is 34.8 Å². The third-order valence-corrected chi connectivity index (χ3v) is 5.20. The number of guanidine groups is 1. The molecular weight excluding hydrogens is 447 g/mol. The average molecular weight is 474 g/mol. The summed E-state index contributed by atoms with van der Waals surface area (Å²) in [6.07, 6.45) is 4.36. The Hall–Kier alpha value is -1.13. The van der Waals surface area contributed by atoms with E-state index in [1.54, 1.807) is 6.20 Å². The van der Waals surface area contributed by atoms with Gasteiger partial charge in [0.05, 0.1) is 18.3 Å². The van der Waals surface area contributed by atoms with E-state index in [1.165, 1.54) is 30.8 Å². The van der Waals surface area contributed by atoms with E-state index in [4.69, 9.17) is 0 Å². The first-order valence-corrected chi connectivity index (χ1v) is 9.52. The first-order valence-electron chi connectivity index (χ1n) is 8.64. The summed E-state index contributed by atoms with van der Waals surface area (Å²) in [5, 5.41) is 15.9. The van der Waals surface area contributed by atoms with Crippen molar-refractivity contribution in [1.82, 2.24) is 25.7 Å². The zero-order valence-electron chi connectivity index (χ0n) is 14.6. The van der Waals surface area contributed by atoms with Gasteiger partial charge in [-0.25, -0.2) is 4.99 Å². The van der Waals surface area contributed by atoms with Gasteiger partial charge in [-0.05, 0) is 50.4 Å². The molecule has 1 aliphatic heterocycles. The number of nitrogens with zero attached hydrogens (tertiary/aromatic N) is 3. The molecule has 2 aromatic rings. The fourth-order valence-electron chi connectivity index (χ4n) is 3.02. The van der Waals surface area contributed by atoms with Crippen molar-refractivity contribution < 1.29 is 0 Å². The standard InChI is InChI=1S/C17H26N6S.HI/c1-2-18-17(19-12-14-7-8-21-22-14)20-13-15(16-6-5-11-24-16)23-9-3-4-10-23;/h5-8,11,15H,2-4,9-10,12-13H2,1H3,(H,21,22)(H2,18,19,20);1H. The van der Waals surface area contributed by atoms with Crippen LogP contribution in [0.2, 0.25) is 0 Å². The van der Waals surface area contributed by atoms with E-state index in [0.29, 0.717) is 12.6 Å². The van der Waals surface area contributed by atoms with Crippen LogP contribution < -0.4 is 10.6 Å². The van der Waals surface area contributed by atoms with Gasteiger partial charge in [0.25, 0.3) is 0 Å². The van der Waals surface area contributed by atoms with Crippen LogP contribution in [-0.4, -0.2) is 47.2 Å². The number of aromatic nitrogens is 2. The Morgan fingerprint density at radius 3 is 2.84 bits per heavy atom. The molecule has 3 heterocycles. The summed E-state index contributed by atoms with van der Waals surface area (Å²) in [5.74, 6) is 0.854. The minimum absolute atomic E-state index is 0. The average Bonchev–Trinajstić information content (AvgIpc) is 3.35. The summed E-state index contributed by atoms with van der Waals surface area (Å²) in [4.78, 5) is 8.65. The second kappa shape index (κ2) is 10.8. The van der Waals surface area contributed by atoms with Crippen LogP contribution >= 0.6 is 35.3 Å². The number of aliphatic imine (C=N–C) groups is 1. The Morgan fingerprint density at radius 2 is 2.20 bits per heavy atom. The van der Waals surface area contributed by atoms with E-state index < -0.39 is 0 Å². The molecule has 1 saturated heterocycles. The van der Waals surface area contributed by atoms with E-state index in [-0.39, 0.29) is 24.0 Å². The minimum Gasteiger partial charge on any atom is -0.357 e. The van der Waals surface area contributed by atoms with Gasteiger partial charge in [-0.15, -0.1) is 35.3 Å². The number of thiophene rings is 1. The lowest BCUT2D eigenvalue weighted by Crippen LogP contribution is -2.42. The van der Waals surface area contributed by atoms with E-state index in [0.717, 1.165) is 24.7 Å². The molecule has 138 valence electrons. The van der Waals surface area contributed by atoms with Crippen LogP contribution in [0.1, 0.15) is 36.4 Å². The summed E-state index contributed by atoms with van der Waals surface area (Å²) in [6, 6.07) is 6.75. The number of likely N-dealkylation sites (tertiary alicyclic amines) is 1. The molecule has 1 fully saturated rings. The largest absolute Gasteiger partial charge is 0.357 e. The fourth-order valence-corrected chi connectivity index (χ4v) is 3.88. The molecule has 0 amide bonds. The lowest BCUT2D eigenvalue weighted by Gasteiger charge is -2.27. The summed E-state index contributed by atoms with van der Waals surface area (Å²) in [7, 11) is 0. The van der Waals surface area contributed by atoms with Crippen molar-refractivity contribution in [2.45, 2.75) is 32.4 Å². The SMILES string of the molecule is CCNC(=NCc1ccn[nH]1)NCC(c1cccs1)N1CCCC1.I. The van der Waals surface area contributed by atoms with E-state index in [9.17, 15) is 0 Å². The summed E-state index contributed by atoms with van der Waals surface area (Å²) in [5.41, 5.74) is 1.02. The Kier molecular flexibility index (Phi) is 8.70. The Bertz CT molecular complexity index is 607. The normalized spacial score (nSPS) is 16.4. The highest BCUT2D eigenvalue weighted by atomic mass is 127. The maximum absolute atomic E-state index is 4.64. The smallest absolute Gasteiger partial charge is 0.191 e. The molecule has 25 heavy (non-hydrogen) atoms. The topological polar surface area (TPSA) is 68.3 Å². The van der Waals surface area contributed by atoms with Gasteiger partial charge in [-0.3, -0.25) is 10.00 Å². The number of nitrogens with one attached hydrogen (secondary N) is 3. The van der Waals surface area contributed by atoms with E-state index in [2.05, 4.69) is 55.2 Å². The Balaban J connectivity index is 0.00000225. The van der Waals surface area contributed by atoms with Crippen LogP contribution in [0.25, 0.3) is 0 Å². The number of aromatic amines is 1. The van der Waals surface area contributed by atoms with Crippen molar-refractivity contribution in [3.05, 3.63) is 40.3 Å².